The molecule has 0 aliphatic carbocycles. The van der Waals surface area contributed by atoms with Crippen molar-refractivity contribution in [2.24, 2.45) is 0 Å². The molecule has 0 fully saturated rings. The van der Waals surface area contributed by atoms with Gasteiger partial charge in [-0.3, -0.25) is 9.59 Å². The molecule has 42 heavy (non-hydrogen) atoms. The molecule has 0 spiro atoms. The highest BCUT2D eigenvalue weighted by atomic mass is 16.6. The molecule has 0 radical (unpaired) electrons. The highest BCUT2D eigenvalue weighted by Crippen LogP contribution is 2.28. The molecule has 2 aromatic carbocycles. The first kappa shape index (κ1) is 32.0. The van der Waals surface area contributed by atoms with Crippen molar-refractivity contribution in [1.29, 1.82) is 0 Å². The third-order valence-electron chi connectivity index (χ3n) is 5.86. The maximum absolute atomic E-state index is 12.6. The number of carbonyl (C=O) groups excluding carboxylic acids is 3. The van der Waals surface area contributed by atoms with Crippen molar-refractivity contribution < 1.29 is 38.1 Å². The van der Waals surface area contributed by atoms with Crippen LogP contribution in [0.4, 0.5) is 0 Å². The van der Waals surface area contributed by atoms with Crippen LogP contribution in [0.2, 0.25) is 0 Å². The molecule has 10 nitrogen and oxygen atoms in total. The summed E-state index contributed by atoms with van der Waals surface area (Å²) in [6, 6.07) is 14.6. The maximum Gasteiger partial charge on any atom is 0.347 e. The number of esters is 3. The van der Waals surface area contributed by atoms with E-state index < -0.39 is 23.6 Å². The Morgan fingerprint density at radius 3 is 2.45 bits per heavy atom. The lowest BCUT2D eigenvalue weighted by atomic mass is 10.0. The van der Waals surface area contributed by atoms with Crippen LogP contribution in [0.3, 0.4) is 0 Å². The molecule has 1 heterocycles. The van der Waals surface area contributed by atoms with Crippen molar-refractivity contribution in [2.75, 3.05) is 13.7 Å². The number of rotatable bonds is 13. The summed E-state index contributed by atoms with van der Waals surface area (Å²) in [5, 5.41) is 0. The van der Waals surface area contributed by atoms with Crippen LogP contribution in [-0.4, -0.2) is 53.3 Å². The molecule has 10 heteroatoms. The van der Waals surface area contributed by atoms with Gasteiger partial charge in [0.15, 0.2) is 5.82 Å². The zero-order valence-electron chi connectivity index (χ0n) is 25.0. The second-order valence-corrected chi connectivity index (χ2v) is 10.4. The van der Waals surface area contributed by atoms with E-state index in [1.807, 2.05) is 57.2 Å². The summed E-state index contributed by atoms with van der Waals surface area (Å²) >= 11 is 0. The summed E-state index contributed by atoms with van der Waals surface area (Å²) in [4.78, 5) is 45.7. The van der Waals surface area contributed by atoms with Gasteiger partial charge >= 0.3 is 17.9 Å². The second kappa shape index (κ2) is 15.0. The van der Waals surface area contributed by atoms with Gasteiger partial charge in [-0.15, -0.1) is 0 Å². The van der Waals surface area contributed by atoms with Crippen LogP contribution in [0.1, 0.15) is 57.9 Å². The minimum atomic E-state index is -1.16. The number of carbonyl (C=O) groups is 3. The number of aromatic nitrogens is 2. The van der Waals surface area contributed by atoms with Crippen LogP contribution < -0.4 is 9.47 Å². The van der Waals surface area contributed by atoms with Crippen molar-refractivity contribution >= 4 is 17.9 Å². The van der Waals surface area contributed by atoms with E-state index in [-0.39, 0.29) is 32.0 Å². The van der Waals surface area contributed by atoms with E-state index in [1.54, 1.807) is 32.4 Å². The zero-order chi connectivity index (χ0) is 30.7. The molecule has 0 aliphatic heterocycles. The molecular weight excluding hydrogens is 540 g/mol. The Morgan fingerprint density at radius 1 is 1.00 bits per heavy atom. The van der Waals surface area contributed by atoms with E-state index in [1.165, 1.54) is 6.92 Å². The molecule has 3 aromatic rings. The van der Waals surface area contributed by atoms with Crippen molar-refractivity contribution in [3.05, 3.63) is 71.5 Å². The van der Waals surface area contributed by atoms with Gasteiger partial charge in [0.2, 0.25) is 6.10 Å². The van der Waals surface area contributed by atoms with Gasteiger partial charge in [-0.2, -0.15) is 0 Å². The molecule has 0 amide bonds. The smallest absolute Gasteiger partial charge is 0.347 e. The van der Waals surface area contributed by atoms with Crippen LogP contribution in [0.15, 0.2) is 54.7 Å². The monoisotopic (exact) mass is 578 g/mol. The summed E-state index contributed by atoms with van der Waals surface area (Å²) in [6.07, 6.45) is 1.08. The Morgan fingerprint density at radius 2 is 1.76 bits per heavy atom. The zero-order valence-corrected chi connectivity index (χ0v) is 25.0. The fourth-order valence-electron chi connectivity index (χ4n) is 4.12. The summed E-state index contributed by atoms with van der Waals surface area (Å²) < 4.78 is 27.4. The van der Waals surface area contributed by atoms with Crippen LogP contribution in [-0.2, 0) is 48.0 Å². The summed E-state index contributed by atoms with van der Waals surface area (Å²) in [7, 11) is 1.59. The van der Waals surface area contributed by atoms with E-state index in [2.05, 4.69) is 9.97 Å². The maximum atomic E-state index is 12.6. The fourth-order valence-corrected chi connectivity index (χ4v) is 4.12. The van der Waals surface area contributed by atoms with Crippen molar-refractivity contribution in [1.82, 2.24) is 9.97 Å². The predicted molar refractivity (Wildman–Crippen MR) is 155 cm³/mol. The molecule has 0 saturated heterocycles. The molecule has 0 saturated carbocycles. The number of ether oxygens (including phenoxy) is 5. The van der Waals surface area contributed by atoms with E-state index in [0.29, 0.717) is 35.0 Å². The lowest BCUT2D eigenvalue weighted by Crippen LogP contribution is -2.30. The molecule has 0 bridgehead atoms. The van der Waals surface area contributed by atoms with Gasteiger partial charge in [0.1, 0.15) is 23.7 Å². The van der Waals surface area contributed by atoms with Gasteiger partial charge in [-0.05, 0) is 69.5 Å². The van der Waals surface area contributed by atoms with Crippen LogP contribution in [0.5, 0.6) is 11.5 Å². The SMILES string of the molecule is CCOC(=O)C(Cc1cc(CCC(=O)OC(C)(C)C)ccc1OCc1ccnc(-c2ccccc2OC)n1)OC(C)=O. The first-order chi connectivity index (χ1) is 20.0. The van der Waals surface area contributed by atoms with Gasteiger partial charge in [-0.1, -0.05) is 24.3 Å². The topological polar surface area (TPSA) is 123 Å². The molecule has 224 valence electrons. The molecule has 1 unspecified atom stereocenters. The molecular formula is C32H38N2O8. The lowest BCUT2D eigenvalue weighted by Gasteiger charge is -2.20. The number of hydrogen-bond donors (Lipinski definition) is 0. The minimum Gasteiger partial charge on any atom is -0.496 e. The predicted octanol–water partition coefficient (Wildman–Crippen LogP) is 5.04. The number of para-hydroxylation sites is 1. The Bertz CT molecular complexity index is 1380. The largest absolute Gasteiger partial charge is 0.496 e. The number of hydrogen-bond acceptors (Lipinski definition) is 10. The van der Waals surface area contributed by atoms with Crippen molar-refractivity contribution in [2.45, 2.75) is 72.2 Å². The van der Waals surface area contributed by atoms with E-state index in [0.717, 1.165) is 11.1 Å². The van der Waals surface area contributed by atoms with Gasteiger partial charge in [0, 0.05) is 26.0 Å². The molecule has 1 aromatic heterocycles. The third-order valence-corrected chi connectivity index (χ3v) is 5.86. The molecule has 0 aliphatic rings. The normalized spacial score (nSPS) is 11.8. The Hall–Kier alpha value is -4.47. The Balaban J connectivity index is 1.86. The standard InChI is InChI=1S/C32H38N2O8/c1-7-39-31(37)28(41-21(2)35)19-23-18-22(13-15-29(36)42-32(3,4)5)12-14-26(23)40-20-24-16-17-33-30(34-24)25-10-8-9-11-27(25)38-6/h8-12,14,16-18,28H,7,13,15,19-20H2,1-6H3. The number of nitrogens with zero attached hydrogens (tertiary/aromatic N) is 2. The molecule has 3 rings (SSSR count). The van der Waals surface area contributed by atoms with Crippen LogP contribution >= 0.6 is 0 Å². The van der Waals surface area contributed by atoms with Crippen LogP contribution in [0.25, 0.3) is 11.4 Å². The van der Waals surface area contributed by atoms with E-state index in [9.17, 15) is 14.4 Å². The minimum absolute atomic E-state index is 0.0181. The van der Waals surface area contributed by atoms with Gasteiger partial charge in [0.25, 0.3) is 0 Å². The molecule has 1 atom stereocenters. The van der Waals surface area contributed by atoms with Crippen molar-refractivity contribution in [3.8, 4) is 22.9 Å². The average molecular weight is 579 g/mol. The van der Waals surface area contributed by atoms with Crippen LogP contribution in [0, 0.1) is 0 Å². The van der Waals surface area contributed by atoms with E-state index >= 15 is 0 Å². The Kier molecular flexibility index (Phi) is 11.4. The number of benzene rings is 2. The summed E-state index contributed by atoms with van der Waals surface area (Å²) in [5.74, 6) is 0.0218. The number of aryl methyl sites for hydroxylation is 1. The summed E-state index contributed by atoms with van der Waals surface area (Å²) in [5.41, 5.74) is 2.22. The third kappa shape index (κ3) is 9.87. The van der Waals surface area contributed by atoms with Crippen molar-refractivity contribution in [3.63, 3.8) is 0 Å². The van der Waals surface area contributed by atoms with Gasteiger partial charge < -0.3 is 23.7 Å². The molecule has 0 N–H and O–H groups in total. The Labute approximate surface area is 246 Å². The average Bonchev–Trinajstić information content (AvgIpc) is 2.94. The van der Waals surface area contributed by atoms with Gasteiger partial charge in [-0.25, -0.2) is 14.8 Å². The highest BCUT2D eigenvalue weighted by molar-refractivity contribution is 5.79. The van der Waals surface area contributed by atoms with E-state index in [4.69, 9.17) is 23.7 Å². The quantitative estimate of drug-likeness (QED) is 0.201. The lowest BCUT2D eigenvalue weighted by molar-refractivity contribution is -0.166. The highest BCUT2D eigenvalue weighted by Gasteiger charge is 2.26. The first-order valence-corrected chi connectivity index (χ1v) is 13.7. The van der Waals surface area contributed by atoms with Gasteiger partial charge in [0.05, 0.1) is 25.0 Å². The fraction of sp³-hybridized carbons (Fsp3) is 0.406. The second-order valence-electron chi connectivity index (χ2n) is 10.4. The first-order valence-electron chi connectivity index (χ1n) is 13.7. The summed E-state index contributed by atoms with van der Waals surface area (Å²) in [6.45, 7) is 8.60. The number of methoxy groups -OCH3 is 1.